The van der Waals surface area contributed by atoms with E-state index in [0.29, 0.717) is 42.1 Å². The van der Waals surface area contributed by atoms with E-state index in [4.69, 9.17) is 4.74 Å². The van der Waals surface area contributed by atoms with Crippen molar-refractivity contribution in [2.75, 3.05) is 18.6 Å². The van der Waals surface area contributed by atoms with E-state index in [1.54, 1.807) is 18.2 Å². The van der Waals surface area contributed by atoms with Crippen molar-refractivity contribution in [1.82, 2.24) is 0 Å². The van der Waals surface area contributed by atoms with Crippen molar-refractivity contribution in [3.8, 4) is 16.9 Å². The molecule has 0 fully saturated rings. The van der Waals surface area contributed by atoms with Gasteiger partial charge in [0.1, 0.15) is 5.75 Å². The summed E-state index contributed by atoms with van der Waals surface area (Å²) in [6, 6.07) is 16.0. The monoisotopic (exact) mass is 609 g/mol. The molecular formula is C33H37F6NO3. The zero-order valence-corrected chi connectivity index (χ0v) is 24.9. The summed E-state index contributed by atoms with van der Waals surface area (Å²) in [6.07, 6.45) is -7.99. The van der Waals surface area contributed by atoms with Crippen LogP contribution in [0, 0.1) is 11.8 Å². The van der Waals surface area contributed by atoms with Gasteiger partial charge < -0.3 is 14.4 Å². The van der Waals surface area contributed by atoms with Gasteiger partial charge in [-0.2, -0.15) is 13.2 Å². The van der Waals surface area contributed by atoms with Gasteiger partial charge in [-0.1, -0.05) is 58.0 Å². The number of hydrogen-bond acceptors (Lipinski definition) is 4. The third-order valence-corrected chi connectivity index (χ3v) is 6.95. The van der Waals surface area contributed by atoms with E-state index in [0.717, 1.165) is 29.8 Å². The standard InChI is InChI=1S/C33H37F6NO3/c1-21(2)14-15-40(20-23-6-12-29(13-7-23)43-33(37,38)39)28-18-25(24-8-10-27(11-9-24)32(34,35)36)17-26(19-28)30(16-22(3)4)31(41)42-5/h6-13,17-19,21-22,30H,14-16,20H2,1-5H3/t30-/m1/s1. The van der Waals surface area contributed by atoms with E-state index in [2.05, 4.69) is 23.5 Å². The lowest BCUT2D eigenvalue weighted by molar-refractivity contribution is -0.274. The molecule has 0 unspecified atom stereocenters. The number of benzene rings is 3. The highest BCUT2D eigenvalue weighted by molar-refractivity contribution is 5.80. The number of carbonyl (C=O) groups excluding carboxylic acids is 1. The van der Waals surface area contributed by atoms with Crippen LogP contribution in [0.5, 0.6) is 5.75 Å². The summed E-state index contributed by atoms with van der Waals surface area (Å²) in [6.45, 7) is 9.03. The molecule has 3 aromatic carbocycles. The molecule has 0 aromatic heterocycles. The second-order valence-corrected chi connectivity index (χ2v) is 11.4. The molecule has 0 aliphatic carbocycles. The van der Waals surface area contributed by atoms with Crippen LogP contribution in [-0.4, -0.2) is 26.0 Å². The number of methoxy groups -OCH3 is 1. The lowest BCUT2D eigenvalue weighted by atomic mass is 9.88. The number of alkyl halides is 6. The molecule has 0 N–H and O–H groups in total. The Morgan fingerprint density at radius 1 is 0.814 bits per heavy atom. The third-order valence-electron chi connectivity index (χ3n) is 6.95. The Labute approximate surface area is 248 Å². The van der Waals surface area contributed by atoms with Crippen molar-refractivity contribution >= 4 is 11.7 Å². The molecule has 43 heavy (non-hydrogen) atoms. The number of nitrogens with zero attached hydrogens (tertiary/aromatic N) is 1. The molecule has 0 aliphatic heterocycles. The number of carbonyl (C=O) groups is 1. The van der Waals surface area contributed by atoms with Gasteiger partial charge in [0, 0.05) is 18.8 Å². The highest BCUT2D eigenvalue weighted by Gasteiger charge is 2.31. The molecule has 0 spiro atoms. The van der Waals surface area contributed by atoms with Crippen molar-refractivity contribution in [3.63, 3.8) is 0 Å². The van der Waals surface area contributed by atoms with Crippen LogP contribution < -0.4 is 9.64 Å². The van der Waals surface area contributed by atoms with E-state index in [-0.39, 0.29) is 11.7 Å². The minimum atomic E-state index is -4.80. The zero-order valence-electron chi connectivity index (χ0n) is 24.9. The number of halogens is 6. The Morgan fingerprint density at radius 2 is 1.44 bits per heavy atom. The number of hydrogen-bond donors (Lipinski definition) is 0. The molecule has 0 saturated carbocycles. The van der Waals surface area contributed by atoms with E-state index < -0.39 is 30.0 Å². The van der Waals surface area contributed by atoms with Gasteiger partial charge >= 0.3 is 18.5 Å². The van der Waals surface area contributed by atoms with Gasteiger partial charge in [-0.25, -0.2) is 0 Å². The summed E-state index contributed by atoms with van der Waals surface area (Å²) in [5.74, 6) is -0.864. The van der Waals surface area contributed by atoms with Gasteiger partial charge in [-0.3, -0.25) is 4.79 Å². The molecule has 0 amide bonds. The minimum absolute atomic E-state index is 0.150. The largest absolute Gasteiger partial charge is 0.573 e. The summed E-state index contributed by atoms with van der Waals surface area (Å²) in [5, 5.41) is 0. The molecule has 0 saturated heterocycles. The van der Waals surface area contributed by atoms with Gasteiger partial charge in [0.25, 0.3) is 0 Å². The highest BCUT2D eigenvalue weighted by atomic mass is 19.4. The van der Waals surface area contributed by atoms with Crippen molar-refractivity contribution in [2.45, 2.75) is 65.5 Å². The summed E-state index contributed by atoms with van der Waals surface area (Å²) in [5.41, 5.74) is 2.52. The first-order chi connectivity index (χ1) is 20.1. The Bertz CT molecular complexity index is 1330. The van der Waals surface area contributed by atoms with Crippen molar-refractivity contribution in [3.05, 3.63) is 83.4 Å². The van der Waals surface area contributed by atoms with Crippen LogP contribution in [0.4, 0.5) is 32.0 Å². The lowest BCUT2D eigenvalue weighted by Gasteiger charge is -2.28. The van der Waals surface area contributed by atoms with Gasteiger partial charge in [-0.15, -0.1) is 13.2 Å². The quantitative estimate of drug-likeness (QED) is 0.151. The Kier molecular flexibility index (Phi) is 11.2. The molecule has 3 aromatic rings. The van der Waals surface area contributed by atoms with E-state index in [1.807, 2.05) is 26.0 Å². The average molecular weight is 610 g/mol. The van der Waals surface area contributed by atoms with Gasteiger partial charge in [0.05, 0.1) is 18.6 Å². The van der Waals surface area contributed by atoms with Gasteiger partial charge in [-0.05, 0) is 83.3 Å². The maximum absolute atomic E-state index is 13.3. The number of rotatable bonds is 12. The Balaban J connectivity index is 2.12. The second-order valence-electron chi connectivity index (χ2n) is 11.4. The summed E-state index contributed by atoms with van der Waals surface area (Å²) in [7, 11) is 1.32. The highest BCUT2D eigenvalue weighted by Crippen LogP contribution is 2.36. The van der Waals surface area contributed by atoms with E-state index in [9.17, 15) is 31.1 Å². The van der Waals surface area contributed by atoms with Gasteiger partial charge in [0.2, 0.25) is 0 Å². The smallest absolute Gasteiger partial charge is 0.469 e. The van der Waals surface area contributed by atoms with Crippen LogP contribution in [0.25, 0.3) is 11.1 Å². The second kappa shape index (κ2) is 14.2. The SMILES string of the molecule is COC(=O)[C@H](CC(C)C)c1cc(-c2ccc(C(F)(F)F)cc2)cc(N(CCC(C)C)Cc2ccc(OC(F)(F)F)cc2)c1. The third kappa shape index (κ3) is 10.2. The van der Waals surface area contributed by atoms with E-state index in [1.165, 1.54) is 31.4 Å². The van der Waals surface area contributed by atoms with Crippen LogP contribution in [0.1, 0.15) is 63.1 Å². The molecule has 4 nitrogen and oxygen atoms in total. The fraction of sp³-hybridized carbons (Fsp3) is 0.424. The topological polar surface area (TPSA) is 38.8 Å². The molecule has 0 heterocycles. The normalized spacial score (nSPS) is 12.9. The van der Waals surface area contributed by atoms with Crippen molar-refractivity contribution in [1.29, 1.82) is 0 Å². The molecule has 1 atom stereocenters. The predicted octanol–water partition coefficient (Wildman–Crippen LogP) is 9.63. The first kappa shape index (κ1) is 33.8. The summed E-state index contributed by atoms with van der Waals surface area (Å²) >= 11 is 0. The number of esters is 1. The van der Waals surface area contributed by atoms with E-state index >= 15 is 0 Å². The maximum Gasteiger partial charge on any atom is 0.573 e. The maximum atomic E-state index is 13.3. The first-order valence-electron chi connectivity index (χ1n) is 14.1. The Hall–Kier alpha value is -3.69. The Morgan fingerprint density at radius 3 is 1.95 bits per heavy atom. The van der Waals surface area contributed by atoms with Gasteiger partial charge in [0.15, 0.2) is 0 Å². The summed E-state index contributed by atoms with van der Waals surface area (Å²) in [4.78, 5) is 15.0. The lowest BCUT2D eigenvalue weighted by Crippen LogP contribution is -2.26. The van der Waals surface area contributed by atoms with Crippen LogP contribution in [-0.2, 0) is 22.3 Å². The van der Waals surface area contributed by atoms with Crippen molar-refractivity contribution in [2.24, 2.45) is 11.8 Å². The molecule has 0 bridgehead atoms. The average Bonchev–Trinajstić information content (AvgIpc) is 2.92. The minimum Gasteiger partial charge on any atom is -0.469 e. The summed E-state index contributed by atoms with van der Waals surface area (Å²) < 4.78 is 86.8. The first-order valence-corrected chi connectivity index (χ1v) is 14.1. The van der Waals surface area contributed by atoms with Crippen molar-refractivity contribution < 1.29 is 40.6 Å². The zero-order chi connectivity index (χ0) is 31.9. The molecule has 10 heteroatoms. The molecule has 0 radical (unpaired) electrons. The van der Waals surface area contributed by atoms with Crippen LogP contribution in [0.15, 0.2) is 66.7 Å². The fourth-order valence-corrected chi connectivity index (χ4v) is 4.75. The van der Waals surface area contributed by atoms with Crippen LogP contribution >= 0.6 is 0 Å². The van der Waals surface area contributed by atoms with Crippen LogP contribution in [0.3, 0.4) is 0 Å². The number of anilines is 1. The predicted molar refractivity (Wildman–Crippen MR) is 155 cm³/mol. The molecule has 0 aliphatic rings. The van der Waals surface area contributed by atoms with Crippen LogP contribution in [0.2, 0.25) is 0 Å². The fourth-order valence-electron chi connectivity index (χ4n) is 4.75. The molecular weight excluding hydrogens is 572 g/mol. The number of ether oxygens (including phenoxy) is 2. The molecule has 234 valence electrons. The molecule has 3 rings (SSSR count).